The lowest BCUT2D eigenvalue weighted by molar-refractivity contribution is 1.07. The van der Waals surface area contributed by atoms with Crippen LogP contribution in [0.3, 0.4) is 0 Å². The van der Waals surface area contributed by atoms with E-state index in [-0.39, 0.29) is 0 Å². The summed E-state index contributed by atoms with van der Waals surface area (Å²) in [6.45, 7) is 0. The summed E-state index contributed by atoms with van der Waals surface area (Å²) < 4.78 is 0. The van der Waals surface area contributed by atoms with Crippen molar-refractivity contribution in [2.24, 2.45) is 0 Å². The molecule has 1 aromatic heterocycles. The van der Waals surface area contributed by atoms with Gasteiger partial charge in [-0.2, -0.15) is 0 Å². The maximum atomic E-state index is 5.03. The van der Waals surface area contributed by atoms with Gasteiger partial charge >= 0.3 is 0 Å². The normalized spacial score (nSPS) is 11.2. The second kappa shape index (κ2) is 14.4. The van der Waals surface area contributed by atoms with Crippen LogP contribution in [-0.2, 0) is 0 Å². The number of aromatic nitrogens is 3. The van der Waals surface area contributed by atoms with Crippen molar-refractivity contribution in [2.75, 3.05) is 0 Å². The lowest BCUT2D eigenvalue weighted by Gasteiger charge is -2.18. The summed E-state index contributed by atoms with van der Waals surface area (Å²) in [5.41, 5.74) is 12.2. The fraction of sp³-hybridized carbons (Fsp3) is 0. The first kappa shape index (κ1) is 33.1. The van der Waals surface area contributed by atoms with Crippen LogP contribution in [0.4, 0.5) is 0 Å². The molecule has 0 fully saturated rings. The SMILES string of the molecule is c1ccc(-c2nc(-c3ccccc3)nc(-c3cccc(-c4cccc(-c5ccc(-c6c7ccccc7cc7ccccc67)cc5)c4-c4ccccc4)c3)n2)cc1. The molecule has 0 bridgehead atoms. The fourth-order valence-electron chi connectivity index (χ4n) is 7.85. The lowest BCUT2D eigenvalue weighted by atomic mass is 9.86. The van der Waals surface area contributed by atoms with Crippen molar-refractivity contribution in [3.8, 4) is 78.7 Å². The van der Waals surface area contributed by atoms with Gasteiger partial charge in [-0.3, -0.25) is 0 Å². The second-order valence-electron chi connectivity index (χ2n) is 14.0. The van der Waals surface area contributed by atoms with Crippen molar-refractivity contribution in [1.82, 2.24) is 15.0 Å². The van der Waals surface area contributed by atoms with Crippen LogP contribution in [-0.4, -0.2) is 15.0 Å². The van der Waals surface area contributed by atoms with Gasteiger partial charge in [-0.1, -0.05) is 200 Å². The van der Waals surface area contributed by atoms with Gasteiger partial charge in [0.1, 0.15) is 0 Å². The van der Waals surface area contributed by atoms with Gasteiger partial charge in [0.2, 0.25) is 0 Å². The molecule has 0 atom stereocenters. The molecule has 1 heterocycles. The zero-order valence-electron chi connectivity index (χ0n) is 30.5. The molecule has 0 aliphatic heterocycles. The summed E-state index contributed by atoms with van der Waals surface area (Å²) in [5.74, 6) is 1.92. The molecular weight excluding hydrogens is 679 g/mol. The van der Waals surface area contributed by atoms with E-state index in [0.29, 0.717) is 17.5 Å². The highest BCUT2D eigenvalue weighted by atomic mass is 15.0. The molecule has 3 heteroatoms. The number of hydrogen-bond donors (Lipinski definition) is 0. The minimum atomic E-state index is 0.633. The maximum absolute atomic E-state index is 5.03. The van der Waals surface area contributed by atoms with E-state index in [2.05, 4.69) is 152 Å². The first-order chi connectivity index (χ1) is 27.8. The third-order valence-corrected chi connectivity index (χ3v) is 10.5. The summed E-state index contributed by atoms with van der Waals surface area (Å²) in [5, 5.41) is 5.01. The van der Waals surface area contributed by atoms with Crippen LogP contribution >= 0.6 is 0 Å². The molecule has 3 nitrogen and oxygen atoms in total. The Balaban J connectivity index is 1.10. The third-order valence-electron chi connectivity index (χ3n) is 10.5. The van der Waals surface area contributed by atoms with E-state index < -0.39 is 0 Å². The van der Waals surface area contributed by atoms with Crippen molar-refractivity contribution < 1.29 is 0 Å². The van der Waals surface area contributed by atoms with Crippen LogP contribution in [0.2, 0.25) is 0 Å². The van der Waals surface area contributed by atoms with Crippen LogP contribution in [0, 0.1) is 0 Å². The Morgan fingerprint density at radius 2 is 0.625 bits per heavy atom. The third kappa shape index (κ3) is 6.21. The van der Waals surface area contributed by atoms with Crippen LogP contribution in [0.5, 0.6) is 0 Å². The van der Waals surface area contributed by atoms with Gasteiger partial charge in [-0.05, 0) is 78.2 Å². The first-order valence-corrected chi connectivity index (χ1v) is 18.9. The highest BCUT2D eigenvalue weighted by molar-refractivity contribution is 6.12. The molecule has 0 saturated carbocycles. The number of rotatable bonds is 7. The molecule has 0 radical (unpaired) electrons. The van der Waals surface area contributed by atoms with Gasteiger partial charge in [-0.25, -0.2) is 15.0 Å². The van der Waals surface area contributed by atoms with E-state index in [0.717, 1.165) is 38.9 Å². The number of hydrogen-bond acceptors (Lipinski definition) is 3. The van der Waals surface area contributed by atoms with Crippen molar-refractivity contribution in [2.45, 2.75) is 0 Å². The number of nitrogens with zero attached hydrogens (tertiary/aromatic N) is 3. The Labute approximate surface area is 326 Å². The Hall–Kier alpha value is -7.49. The van der Waals surface area contributed by atoms with E-state index in [9.17, 15) is 0 Å². The molecule has 0 saturated heterocycles. The molecule has 0 aliphatic rings. The standard InChI is InChI=1S/C53H35N3/c1-4-16-37(17-5-1)49-45(36-30-32-38(33-31-36)50-46-26-12-10-22-41(46)34-42-23-11-13-27-47(42)50)28-15-29-48(49)43-24-14-25-44(35-43)53-55-51(39-18-6-2-7-19-39)54-52(56-53)40-20-8-3-9-21-40/h1-35H. The summed E-state index contributed by atoms with van der Waals surface area (Å²) in [6, 6.07) is 74.9. The number of benzene rings is 9. The monoisotopic (exact) mass is 713 g/mol. The molecule has 0 aliphatic carbocycles. The zero-order chi connectivity index (χ0) is 37.3. The molecule has 0 unspecified atom stereocenters. The minimum Gasteiger partial charge on any atom is -0.208 e. The van der Waals surface area contributed by atoms with E-state index in [1.54, 1.807) is 0 Å². The Kier molecular flexibility index (Phi) is 8.51. The molecule has 0 N–H and O–H groups in total. The molecule has 0 spiro atoms. The van der Waals surface area contributed by atoms with E-state index in [4.69, 9.17) is 15.0 Å². The van der Waals surface area contributed by atoms with Crippen molar-refractivity contribution in [1.29, 1.82) is 0 Å². The average molecular weight is 714 g/mol. The number of fused-ring (bicyclic) bond motifs is 2. The smallest absolute Gasteiger partial charge is 0.164 e. The highest BCUT2D eigenvalue weighted by Crippen LogP contribution is 2.42. The first-order valence-electron chi connectivity index (χ1n) is 18.9. The van der Waals surface area contributed by atoms with Gasteiger partial charge in [-0.15, -0.1) is 0 Å². The largest absolute Gasteiger partial charge is 0.208 e. The molecule has 10 rings (SSSR count). The average Bonchev–Trinajstić information content (AvgIpc) is 3.29. The van der Waals surface area contributed by atoms with Crippen LogP contribution < -0.4 is 0 Å². The predicted octanol–water partition coefficient (Wildman–Crippen LogP) is 13.8. The molecule has 9 aromatic carbocycles. The quantitative estimate of drug-likeness (QED) is 0.154. The fourth-order valence-corrected chi connectivity index (χ4v) is 7.85. The Bertz CT molecular complexity index is 2880. The minimum absolute atomic E-state index is 0.633. The second-order valence-corrected chi connectivity index (χ2v) is 14.0. The van der Waals surface area contributed by atoms with Gasteiger partial charge < -0.3 is 0 Å². The van der Waals surface area contributed by atoms with Crippen LogP contribution in [0.15, 0.2) is 212 Å². The maximum Gasteiger partial charge on any atom is 0.164 e. The van der Waals surface area contributed by atoms with Gasteiger partial charge in [0.25, 0.3) is 0 Å². The molecule has 0 amide bonds. The summed E-state index contributed by atoms with van der Waals surface area (Å²) in [4.78, 5) is 15.0. The Morgan fingerprint density at radius 3 is 1.20 bits per heavy atom. The van der Waals surface area contributed by atoms with Crippen molar-refractivity contribution in [3.05, 3.63) is 212 Å². The van der Waals surface area contributed by atoms with E-state index in [1.807, 2.05) is 60.7 Å². The predicted molar refractivity (Wildman–Crippen MR) is 233 cm³/mol. The lowest BCUT2D eigenvalue weighted by Crippen LogP contribution is -2.00. The summed E-state index contributed by atoms with van der Waals surface area (Å²) >= 11 is 0. The Morgan fingerprint density at radius 1 is 0.232 bits per heavy atom. The molecule has 262 valence electrons. The van der Waals surface area contributed by atoms with Gasteiger partial charge in [0.15, 0.2) is 17.5 Å². The van der Waals surface area contributed by atoms with Crippen LogP contribution in [0.1, 0.15) is 0 Å². The van der Waals surface area contributed by atoms with Crippen LogP contribution in [0.25, 0.3) is 100 Å². The highest BCUT2D eigenvalue weighted by Gasteiger charge is 2.18. The van der Waals surface area contributed by atoms with Crippen molar-refractivity contribution in [3.63, 3.8) is 0 Å². The van der Waals surface area contributed by atoms with Gasteiger partial charge in [0.05, 0.1) is 0 Å². The molecular formula is C53H35N3. The van der Waals surface area contributed by atoms with E-state index >= 15 is 0 Å². The van der Waals surface area contributed by atoms with Gasteiger partial charge in [0, 0.05) is 16.7 Å². The molecule has 10 aromatic rings. The van der Waals surface area contributed by atoms with E-state index in [1.165, 1.54) is 43.8 Å². The summed E-state index contributed by atoms with van der Waals surface area (Å²) in [7, 11) is 0. The topological polar surface area (TPSA) is 38.7 Å². The van der Waals surface area contributed by atoms with Crippen molar-refractivity contribution >= 4 is 21.5 Å². The molecule has 56 heavy (non-hydrogen) atoms. The zero-order valence-corrected chi connectivity index (χ0v) is 30.5. The summed E-state index contributed by atoms with van der Waals surface area (Å²) in [6.07, 6.45) is 0.